The zero-order valence-corrected chi connectivity index (χ0v) is 12.7. The molecule has 1 aliphatic carbocycles. The Morgan fingerprint density at radius 2 is 2.19 bits per heavy atom. The number of nitrogens with one attached hydrogen (secondary N) is 1. The van der Waals surface area contributed by atoms with Crippen molar-refractivity contribution in [3.63, 3.8) is 0 Å². The Labute approximate surface area is 123 Å². The zero-order chi connectivity index (χ0) is 15.0. The summed E-state index contributed by atoms with van der Waals surface area (Å²) in [6, 6.07) is 0. The second-order valence-corrected chi connectivity index (χ2v) is 7.65. The molecule has 0 bridgehead atoms. The topological polar surface area (TPSA) is 90.3 Å². The van der Waals surface area contributed by atoms with E-state index >= 15 is 0 Å². The van der Waals surface area contributed by atoms with Crippen molar-refractivity contribution in [3.8, 4) is 0 Å². The van der Waals surface area contributed by atoms with Gasteiger partial charge in [-0.25, -0.2) is 13.1 Å². The number of nitrogens with zero attached hydrogens (tertiary/aromatic N) is 2. The van der Waals surface area contributed by atoms with Crippen LogP contribution < -0.4 is 4.72 Å². The smallest absolute Gasteiger partial charge is 0.268 e. The van der Waals surface area contributed by atoms with Crippen molar-refractivity contribution in [2.24, 2.45) is 7.05 Å². The molecule has 21 heavy (non-hydrogen) atoms. The number of carbonyl (C=O) groups is 1. The normalized spacial score (nSPS) is 23.0. The van der Waals surface area contributed by atoms with Gasteiger partial charge in [-0.2, -0.15) is 5.10 Å². The average Bonchev–Trinajstić information content (AvgIpc) is 2.92. The van der Waals surface area contributed by atoms with Gasteiger partial charge in [-0.15, -0.1) is 0 Å². The van der Waals surface area contributed by atoms with Gasteiger partial charge in [-0.3, -0.25) is 9.48 Å². The Balaban J connectivity index is 1.81. The minimum atomic E-state index is -3.57. The molecule has 116 valence electrons. The second kappa shape index (κ2) is 5.42. The highest BCUT2D eigenvalue weighted by atomic mass is 32.2. The van der Waals surface area contributed by atoms with Crippen molar-refractivity contribution in [2.75, 3.05) is 13.2 Å². The molecule has 2 aliphatic rings. The maximum atomic E-state index is 12.3. The van der Waals surface area contributed by atoms with Crippen LogP contribution in [-0.4, -0.2) is 42.6 Å². The van der Waals surface area contributed by atoms with Crippen LogP contribution in [0.25, 0.3) is 0 Å². The molecule has 2 fully saturated rings. The van der Waals surface area contributed by atoms with Crippen LogP contribution >= 0.6 is 0 Å². The minimum Gasteiger partial charge on any atom is -0.381 e. The summed E-state index contributed by atoms with van der Waals surface area (Å²) in [6.45, 7) is 1.16. The van der Waals surface area contributed by atoms with E-state index in [1.165, 1.54) is 0 Å². The van der Waals surface area contributed by atoms with Gasteiger partial charge in [0, 0.05) is 25.8 Å². The summed E-state index contributed by atoms with van der Waals surface area (Å²) in [6.07, 6.45) is 4.52. The molecule has 1 aliphatic heterocycles. The van der Waals surface area contributed by atoms with Crippen LogP contribution in [0.15, 0.2) is 6.20 Å². The van der Waals surface area contributed by atoms with Crippen LogP contribution in [0.3, 0.4) is 0 Å². The third kappa shape index (κ3) is 2.82. The van der Waals surface area contributed by atoms with Crippen LogP contribution in [0.1, 0.15) is 47.7 Å². The van der Waals surface area contributed by atoms with Crippen molar-refractivity contribution in [2.45, 2.75) is 36.9 Å². The number of rotatable bonds is 4. The summed E-state index contributed by atoms with van der Waals surface area (Å²) >= 11 is 0. The third-order valence-corrected chi connectivity index (χ3v) is 5.96. The average molecular weight is 313 g/mol. The number of aromatic nitrogens is 2. The standard InChI is InChI=1S/C13H19N3O4S/c1-16-7-11(12(14-16)9-5-6-20-8-9)13(17)15-21(18,19)10-3-2-4-10/h7,9-10H,2-6,8H2,1H3,(H,15,17). The summed E-state index contributed by atoms with van der Waals surface area (Å²) in [4.78, 5) is 12.3. The Bertz CT molecular complexity index is 642. The molecule has 8 heteroatoms. The molecule has 1 aromatic heterocycles. The summed E-state index contributed by atoms with van der Waals surface area (Å²) in [7, 11) is -1.85. The van der Waals surface area contributed by atoms with Gasteiger partial charge in [-0.05, 0) is 19.3 Å². The molecule has 1 aromatic rings. The minimum absolute atomic E-state index is 0.0540. The zero-order valence-electron chi connectivity index (χ0n) is 11.9. The molecule has 3 rings (SSSR count). The Morgan fingerprint density at radius 3 is 2.76 bits per heavy atom. The maximum absolute atomic E-state index is 12.3. The van der Waals surface area contributed by atoms with Crippen molar-refractivity contribution < 1.29 is 17.9 Å². The van der Waals surface area contributed by atoms with Gasteiger partial charge in [0.2, 0.25) is 10.0 Å². The SMILES string of the molecule is Cn1cc(C(=O)NS(=O)(=O)C2CCC2)c(C2CCOC2)n1. The first-order chi connectivity index (χ1) is 9.97. The van der Waals surface area contributed by atoms with E-state index in [9.17, 15) is 13.2 Å². The van der Waals surface area contributed by atoms with E-state index in [4.69, 9.17) is 4.74 Å². The summed E-state index contributed by atoms with van der Waals surface area (Å²) < 4.78 is 33.2. The summed E-state index contributed by atoms with van der Waals surface area (Å²) in [5.74, 6) is -0.532. The lowest BCUT2D eigenvalue weighted by Gasteiger charge is -2.25. The number of aryl methyl sites for hydroxylation is 1. The highest BCUT2D eigenvalue weighted by Gasteiger charge is 2.34. The molecule has 1 N–H and O–H groups in total. The molecule has 7 nitrogen and oxygen atoms in total. The van der Waals surface area contributed by atoms with E-state index in [1.807, 2.05) is 0 Å². The van der Waals surface area contributed by atoms with Gasteiger partial charge in [-0.1, -0.05) is 6.42 Å². The number of hydrogen-bond donors (Lipinski definition) is 1. The van der Waals surface area contributed by atoms with Gasteiger partial charge in [0.1, 0.15) is 0 Å². The third-order valence-electron chi connectivity index (χ3n) is 4.14. The van der Waals surface area contributed by atoms with Crippen LogP contribution in [0.5, 0.6) is 0 Å². The first-order valence-electron chi connectivity index (χ1n) is 7.14. The van der Waals surface area contributed by atoms with Crippen molar-refractivity contribution in [3.05, 3.63) is 17.5 Å². The Hall–Kier alpha value is -1.41. The number of sulfonamides is 1. The van der Waals surface area contributed by atoms with Crippen molar-refractivity contribution >= 4 is 15.9 Å². The Kier molecular flexibility index (Phi) is 3.75. The monoisotopic (exact) mass is 313 g/mol. The fourth-order valence-corrected chi connectivity index (χ4v) is 4.17. The van der Waals surface area contributed by atoms with Crippen LogP contribution in [0, 0.1) is 0 Å². The van der Waals surface area contributed by atoms with Gasteiger partial charge >= 0.3 is 0 Å². The lowest BCUT2D eigenvalue weighted by molar-refractivity contribution is 0.0979. The first kappa shape index (κ1) is 14.5. The number of carbonyl (C=O) groups excluding carboxylic acids is 1. The fourth-order valence-electron chi connectivity index (χ4n) is 2.68. The van der Waals surface area contributed by atoms with E-state index < -0.39 is 21.2 Å². The summed E-state index contributed by atoms with van der Waals surface area (Å²) in [5, 5.41) is 3.87. The van der Waals surface area contributed by atoms with Crippen LogP contribution in [0.2, 0.25) is 0 Å². The largest absolute Gasteiger partial charge is 0.381 e. The highest BCUT2D eigenvalue weighted by molar-refractivity contribution is 7.90. The molecule has 0 aromatic carbocycles. The summed E-state index contributed by atoms with van der Waals surface area (Å²) in [5.41, 5.74) is 0.951. The molecule has 1 atom stereocenters. The second-order valence-electron chi connectivity index (χ2n) is 5.69. The van der Waals surface area contributed by atoms with Gasteiger partial charge in [0.15, 0.2) is 0 Å². The predicted octanol–water partition coefficient (Wildman–Crippen LogP) is 0.536. The first-order valence-corrected chi connectivity index (χ1v) is 8.69. The van der Waals surface area contributed by atoms with E-state index in [-0.39, 0.29) is 5.92 Å². The molecular formula is C13H19N3O4S. The lowest BCUT2D eigenvalue weighted by atomic mass is 10.0. The molecule has 0 radical (unpaired) electrons. The van der Waals surface area contributed by atoms with Gasteiger partial charge < -0.3 is 4.74 Å². The van der Waals surface area contributed by atoms with E-state index in [0.717, 1.165) is 12.8 Å². The molecular weight excluding hydrogens is 294 g/mol. The van der Waals surface area contributed by atoms with Gasteiger partial charge in [0.25, 0.3) is 5.91 Å². The van der Waals surface area contributed by atoms with Gasteiger partial charge in [0.05, 0.1) is 23.1 Å². The molecule has 1 saturated carbocycles. The maximum Gasteiger partial charge on any atom is 0.268 e. The fraction of sp³-hybridized carbons (Fsp3) is 0.692. The van der Waals surface area contributed by atoms with Crippen LogP contribution in [0.4, 0.5) is 0 Å². The number of amides is 1. The molecule has 0 spiro atoms. The van der Waals surface area contributed by atoms with E-state index in [0.29, 0.717) is 37.3 Å². The molecule has 2 heterocycles. The van der Waals surface area contributed by atoms with E-state index in [1.54, 1.807) is 17.9 Å². The molecule has 1 amide bonds. The molecule has 1 unspecified atom stereocenters. The predicted molar refractivity (Wildman–Crippen MR) is 75.4 cm³/mol. The van der Waals surface area contributed by atoms with Crippen LogP contribution in [-0.2, 0) is 21.8 Å². The quantitative estimate of drug-likeness (QED) is 0.876. The highest BCUT2D eigenvalue weighted by Crippen LogP contribution is 2.28. The number of ether oxygens (including phenoxy) is 1. The Morgan fingerprint density at radius 1 is 1.43 bits per heavy atom. The molecule has 1 saturated heterocycles. The van der Waals surface area contributed by atoms with Crippen molar-refractivity contribution in [1.82, 2.24) is 14.5 Å². The van der Waals surface area contributed by atoms with E-state index in [2.05, 4.69) is 9.82 Å². The lowest BCUT2D eigenvalue weighted by Crippen LogP contribution is -2.41. The number of hydrogen-bond acceptors (Lipinski definition) is 5. The van der Waals surface area contributed by atoms with Crippen molar-refractivity contribution in [1.29, 1.82) is 0 Å².